The maximum atomic E-state index is 12.2. The number of hydrogen-bond acceptors (Lipinski definition) is 5. The Hall–Kier alpha value is -1.14. The van der Waals surface area contributed by atoms with Crippen LogP contribution in [-0.4, -0.2) is 60.3 Å². The predicted molar refractivity (Wildman–Crippen MR) is 68.4 cm³/mol. The van der Waals surface area contributed by atoms with Crippen LogP contribution in [0, 0.1) is 5.92 Å². The van der Waals surface area contributed by atoms with E-state index in [2.05, 4.69) is 5.32 Å². The maximum absolute atomic E-state index is 12.2. The Morgan fingerprint density at radius 2 is 2.05 bits per heavy atom. The van der Waals surface area contributed by atoms with Crippen molar-refractivity contribution in [1.29, 1.82) is 0 Å². The molecule has 1 amide bonds. The van der Waals surface area contributed by atoms with Crippen molar-refractivity contribution < 1.29 is 19.4 Å². The molecule has 108 valence electrons. The van der Waals surface area contributed by atoms with Crippen molar-refractivity contribution in [2.75, 3.05) is 26.2 Å². The molecule has 0 aliphatic carbocycles. The highest BCUT2D eigenvalue weighted by Gasteiger charge is 2.34. The topological polar surface area (TPSA) is 78.9 Å². The molecule has 6 nitrogen and oxygen atoms in total. The van der Waals surface area contributed by atoms with Gasteiger partial charge in [0.2, 0.25) is 5.91 Å². The van der Waals surface area contributed by atoms with Gasteiger partial charge < -0.3 is 20.1 Å². The number of esters is 1. The number of aliphatic hydroxyl groups excluding tert-OH is 1. The maximum Gasteiger partial charge on any atom is 0.309 e. The molecule has 0 aromatic rings. The summed E-state index contributed by atoms with van der Waals surface area (Å²) in [7, 11) is 0. The highest BCUT2D eigenvalue weighted by Crippen LogP contribution is 2.20. The minimum absolute atomic E-state index is 0.0406. The SMILES string of the molecule is CCOC(=O)C1CCN(C(=O)C2CC(O)CN2)CC1. The molecular weight excluding hydrogens is 248 g/mol. The fraction of sp³-hybridized carbons (Fsp3) is 0.846. The van der Waals surface area contributed by atoms with Crippen LogP contribution < -0.4 is 5.32 Å². The van der Waals surface area contributed by atoms with Crippen molar-refractivity contribution in [3.8, 4) is 0 Å². The van der Waals surface area contributed by atoms with Gasteiger partial charge in [0, 0.05) is 19.6 Å². The summed E-state index contributed by atoms with van der Waals surface area (Å²) in [4.78, 5) is 25.6. The van der Waals surface area contributed by atoms with Crippen LogP contribution in [0.3, 0.4) is 0 Å². The molecule has 0 aromatic carbocycles. The summed E-state index contributed by atoms with van der Waals surface area (Å²) in [5.41, 5.74) is 0. The Morgan fingerprint density at radius 1 is 1.37 bits per heavy atom. The molecule has 0 bridgehead atoms. The van der Waals surface area contributed by atoms with Crippen LogP contribution in [0.1, 0.15) is 26.2 Å². The van der Waals surface area contributed by atoms with Crippen LogP contribution in [0.4, 0.5) is 0 Å². The monoisotopic (exact) mass is 270 g/mol. The first-order chi connectivity index (χ1) is 9.11. The van der Waals surface area contributed by atoms with Crippen molar-refractivity contribution in [2.24, 2.45) is 5.92 Å². The van der Waals surface area contributed by atoms with Crippen LogP contribution in [0.15, 0.2) is 0 Å². The van der Waals surface area contributed by atoms with Crippen molar-refractivity contribution in [1.82, 2.24) is 10.2 Å². The number of β-amino-alcohol motifs (C(OH)–C–C–N with tert-alkyl or cyclic N) is 1. The van der Waals surface area contributed by atoms with Gasteiger partial charge in [0.1, 0.15) is 0 Å². The van der Waals surface area contributed by atoms with Gasteiger partial charge in [0.15, 0.2) is 0 Å². The van der Waals surface area contributed by atoms with Crippen LogP contribution in [-0.2, 0) is 14.3 Å². The number of likely N-dealkylation sites (tertiary alicyclic amines) is 1. The average Bonchev–Trinajstić information content (AvgIpc) is 2.85. The van der Waals surface area contributed by atoms with Crippen molar-refractivity contribution >= 4 is 11.9 Å². The number of amides is 1. The molecule has 2 rings (SSSR count). The van der Waals surface area contributed by atoms with Gasteiger partial charge in [-0.3, -0.25) is 9.59 Å². The first-order valence-electron chi connectivity index (χ1n) is 6.98. The van der Waals surface area contributed by atoms with E-state index in [0.717, 1.165) is 0 Å². The summed E-state index contributed by atoms with van der Waals surface area (Å²) >= 11 is 0. The highest BCUT2D eigenvalue weighted by molar-refractivity contribution is 5.82. The molecule has 2 atom stereocenters. The second-order valence-corrected chi connectivity index (χ2v) is 5.20. The molecule has 0 radical (unpaired) electrons. The summed E-state index contributed by atoms with van der Waals surface area (Å²) in [5, 5.41) is 12.5. The largest absolute Gasteiger partial charge is 0.466 e. The van der Waals surface area contributed by atoms with Gasteiger partial charge in [0.25, 0.3) is 0 Å². The lowest BCUT2D eigenvalue weighted by Gasteiger charge is -2.32. The minimum atomic E-state index is -0.425. The first kappa shape index (κ1) is 14.3. The zero-order valence-electron chi connectivity index (χ0n) is 11.3. The standard InChI is InChI=1S/C13H22N2O4/c1-2-19-13(18)9-3-5-15(6-4-9)12(17)11-7-10(16)8-14-11/h9-11,14,16H,2-8H2,1H3. The number of aliphatic hydroxyl groups is 1. The van der Waals surface area contributed by atoms with Crippen LogP contribution in [0.2, 0.25) is 0 Å². The van der Waals surface area contributed by atoms with Gasteiger partial charge in [-0.1, -0.05) is 0 Å². The Balaban J connectivity index is 1.79. The van der Waals surface area contributed by atoms with Gasteiger partial charge in [-0.2, -0.15) is 0 Å². The van der Waals surface area contributed by atoms with Crippen LogP contribution in [0.25, 0.3) is 0 Å². The third-order valence-corrected chi connectivity index (χ3v) is 3.83. The van der Waals surface area contributed by atoms with E-state index in [1.807, 2.05) is 0 Å². The number of hydrogen-bond donors (Lipinski definition) is 2. The third kappa shape index (κ3) is 3.45. The molecule has 2 heterocycles. The van der Waals surface area contributed by atoms with E-state index in [1.54, 1.807) is 11.8 Å². The molecule has 2 N–H and O–H groups in total. The molecule has 0 aromatic heterocycles. The fourth-order valence-corrected chi connectivity index (χ4v) is 2.72. The van der Waals surface area contributed by atoms with Crippen molar-refractivity contribution in [3.63, 3.8) is 0 Å². The molecule has 19 heavy (non-hydrogen) atoms. The minimum Gasteiger partial charge on any atom is -0.466 e. The van der Waals surface area contributed by atoms with Gasteiger partial charge in [-0.15, -0.1) is 0 Å². The lowest BCUT2D eigenvalue weighted by atomic mass is 9.96. The molecule has 2 fully saturated rings. The predicted octanol–water partition coefficient (Wildman–Crippen LogP) is -0.489. The van der Waals surface area contributed by atoms with Crippen molar-refractivity contribution in [3.05, 3.63) is 0 Å². The van der Waals surface area contributed by atoms with Crippen molar-refractivity contribution in [2.45, 2.75) is 38.3 Å². The summed E-state index contributed by atoms with van der Waals surface area (Å²) in [6.45, 7) is 3.87. The number of carbonyl (C=O) groups is 2. The zero-order chi connectivity index (χ0) is 13.8. The van der Waals surface area contributed by atoms with Gasteiger partial charge in [-0.05, 0) is 26.2 Å². The average molecular weight is 270 g/mol. The molecule has 0 spiro atoms. The zero-order valence-corrected chi connectivity index (χ0v) is 11.3. The summed E-state index contributed by atoms with van der Waals surface area (Å²) in [6.07, 6.45) is 1.39. The Labute approximate surface area is 113 Å². The first-order valence-corrected chi connectivity index (χ1v) is 6.98. The summed E-state index contributed by atoms with van der Waals surface area (Å²) in [5.74, 6) is -0.186. The van der Waals surface area contributed by atoms with E-state index in [0.29, 0.717) is 45.5 Å². The molecule has 0 saturated carbocycles. The number of rotatable bonds is 3. The van der Waals surface area contributed by atoms with E-state index >= 15 is 0 Å². The van der Waals surface area contributed by atoms with E-state index in [9.17, 15) is 14.7 Å². The number of carbonyl (C=O) groups excluding carboxylic acids is 2. The summed E-state index contributed by atoms with van der Waals surface area (Å²) < 4.78 is 5.00. The fourth-order valence-electron chi connectivity index (χ4n) is 2.72. The van der Waals surface area contributed by atoms with E-state index in [-0.39, 0.29) is 23.8 Å². The molecule has 6 heteroatoms. The number of ether oxygens (including phenoxy) is 1. The van der Waals surface area contributed by atoms with E-state index in [4.69, 9.17) is 4.74 Å². The summed E-state index contributed by atoms with van der Waals surface area (Å²) in [6, 6.07) is -0.269. The second kappa shape index (κ2) is 6.34. The van der Waals surface area contributed by atoms with Gasteiger partial charge in [0.05, 0.1) is 24.7 Å². The Kier molecular flexibility index (Phi) is 4.76. The number of nitrogens with one attached hydrogen (secondary N) is 1. The van der Waals surface area contributed by atoms with E-state index < -0.39 is 6.10 Å². The molecular formula is C13H22N2O4. The quantitative estimate of drug-likeness (QED) is 0.677. The molecule has 2 unspecified atom stereocenters. The van der Waals surface area contributed by atoms with Crippen LogP contribution in [0.5, 0.6) is 0 Å². The van der Waals surface area contributed by atoms with E-state index in [1.165, 1.54) is 0 Å². The lowest BCUT2D eigenvalue weighted by molar-refractivity contribution is -0.151. The third-order valence-electron chi connectivity index (χ3n) is 3.83. The lowest BCUT2D eigenvalue weighted by Crippen LogP contribution is -2.47. The van der Waals surface area contributed by atoms with Gasteiger partial charge >= 0.3 is 5.97 Å². The van der Waals surface area contributed by atoms with Crippen LogP contribution >= 0.6 is 0 Å². The highest BCUT2D eigenvalue weighted by atomic mass is 16.5. The molecule has 2 saturated heterocycles. The Morgan fingerprint density at radius 3 is 2.58 bits per heavy atom. The molecule has 2 aliphatic heterocycles. The number of nitrogens with zero attached hydrogens (tertiary/aromatic N) is 1. The second-order valence-electron chi connectivity index (χ2n) is 5.20. The molecule has 2 aliphatic rings. The number of piperidine rings is 1. The normalized spacial score (nSPS) is 28.4. The Bertz CT molecular complexity index is 340. The van der Waals surface area contributed by atoms with Gasteiger partial charge in [-0.25, -0.2) is 0 Å². The smallest absolute Gasteiger partial charge is 0.309 e.